The minimum absolute atomic E-state index is 0.0995. The monoisotopic (exact) mass is 384 g/mol. The van der Waals surface area contributed by atoms with Gasteiger partial charge < -0.3 is 4.74 Å². The van der Waals surface area contributed by atoms with Gasteiger partial charge >= 0.3 is 5.97 Å². The van der Waals surface area contributed by atoms with E-state index >= 15 is 0 Å². The molecule has 0 aliphatic heterocycles. The van der Waals surface area contributed by atoms with Crippen molar-refractivity contribution in [3.63, 3.8) is 0 Å². The highest BCUT2D eigenvalue weighted by molar-refractivity contribution is 9.10. The van der Waals surface area contributed by atoms with Gasteiger partial charge in [0.1, 0.15) is 11.4 Å². The van der Waals surface area contributed by atoms with Crippen LogP contribution in [0.1, 0.15) is 44.5 Å². The number of esters is 1. The topological polar surface area (TPSA) is 80.8 Å². The Labute approximate surface area is 141 Å². The van der Waals surface area contributed by atoms with Crippen molar-refractivity contribution in [2.45, 2.75) is 45.1 Å². The van der Waals surface area contributed by atoms with Gasteiger partial charge in [-0.3, -0.25) is 4.79 Å². The number of hydrogen-bond acceptors (Lipinski definition) is 5. The summed E-state index contributed by atoms with van der Waals surface area (Å²) in [6.45, 7) is 5.42. The maximum absolute atomic E-state index is 13.5. The molecule has 0 unspecified atom stereocenters. The molecular weight excluding hydrogens is 367 g/mol. The Morgan fingerprint density at radius 2 is 2.13 bits per heavy atom. The molecule has 23 heavy (non-hydrogen) atoms. The number of hydrogen-bond donors (Lipinski definition) is 1. The van der Waals surface area contributed by atoms with E-state index in [0.717, 1.165) is 5.56 Å². The largest absolute Gasteiger partial charge is 0.460 e. The Balaban J connectivity index is 2.17. The molecule has 6 nitrogen and oxygen atoms in total. The number of carbonyl (C=O) groups is 1. The van der Waals surface area contributed by atoms with E-state index < -0.39 is 5.60 Å². The van der Waals surface area contributed by atoms with Crippen LogP contribution < -0.4 is 0 Å². The number of benzene rings is 1. The second kappa shape index (κ2) is 7.16. The second-order valence-electron chi connectivity index (χ2n) is 6.26. The van der Waals surface area contributed by atoms with E-state index in [1.165, 1.54) is 12.1 Å². The van der Waals surface area contributed by atoms with Crippen LogP contribution in [0.15, 0.2) is 22.7 Å². The molecule has 0 fully saturated rings. The van der Waals surface area contributed by atoms with Crippen LogP contribution >= 0.6 is 15.9 Å². The Kier molecular flexibility index (Phi) is 5.46. The molecule has 0 spiro atoms. The van der Waals surface area contributed by atoms with Crippen LogP contribution in [0.4, 0.5) is 4.39 Å². The average Bonchev–Trinajstić information content (AvgIpc) is 2.87. The number of tetrazole rings is 1. The first kappa shape index (κ1) is 17.5. The molecule has 124 valence electrons. The van der Waals surface area contributed by atoms with Crippen molar-refractivity contribution in [1.82, 2.24) is 20.6 Å². The molecule has 0 saturated carbocycles. The normalized spacial score (nSPS) is 12.9. The summed E-state index contributed by atoms with van der Waals surface area (Å²) in [6.07, 6.45) is 0.509. The lowest BCUT2D eigenvalue weighted by molar-refractivity contribution is -0.155. The maximum atomic E-state index is 13.5. The van der Waals surface area contributed by atoms with E-state index in [1.807, 2.05) is 0 Å². The van der Waals surface area contributed by atoms with E-state index in [1.54, 1.807) is 26.8 Å². The lowest BCUT2D eigenvalue weighted by Crippen LogP contribution is -2.25. The molecule has 1 aromatic carbocycles. The zero-order valence-corrected chi connectivity index (χ0v) is 14.7. The molecule has 0 saturated heterocycles. The molecule has 2 rings (SSSR count). The Morgan fingerprint density at radius 1 is 1.39 bits per heavy atom. The van der Waals surface area contributed by atoms with Crippen LogP contribution in [0.25, 0.3) is 0 Å². The molecule has 0 amide bonds. The number of aromatic nitrogens is 4. The number of nitrogens with zero attached hydrogens (tertiary/aromatic N) is 3. The van der Waals surface area contributed by atoms with Gasteiger partial charge in [-0.1, -0.05) is 15.9 Å². The van der Waals surface area contributed by atoms with Crippen molar-refractivity contribution < 1.29 is 13.9 Å². The second-order valence-corrected chi connectivity index (χ2v) is 7.17. The SMILES string of the molecule is CC(C)(C)OC(=O)C[C@H](Cc1cc(F)cc(Br)c1)c1nnn[nH]1. The molecule has 1 N–H and O–H groups in total. The summed E-state index contributed by atoms with van der Waals surface area (Å²) in [5.74, 6) is -0.555. The third-order valence-corrected chi connectivity index (χ3v) is 3.44. The first-order valence-electron chi connectivity index (χ1n) is 7.13. The van der Waals surface area contributed by atoms with Crippen LogP contribution in [0.2, 0.25) is 0 Å². The van der Waals surface area contributed by atoms with Gasteiger partial charge in [-0.2, -0.15) is 0 Å². The quantitative estimate of drug-likeness (QED) is 0.800. The van der Waals surface area contributed by atoms with Gasteiger partial charge in [-0.15, -0.1) is 5.10 Å². The third-order valence-electron chi connectivity index (χ3n) is 2.99. The molecule has 0 bridgehead atoms. The summed E-state index contributed by atoms with van der Waals surface area (Å²) in [4.78, 5) is 12.1. The molecular formula is C15H18BrFN4O2. The smallest absolute Gasteiger partial charge is 0.307 e. The van der Waals surface area contributed by atoms with Gasteiger partial charge in [-0.25, -0.2) is 9.49 Å². The predicted octanol–water partition coefficient (Wildman–Crippen LogP) is 3.16. The number of H-pyrrole nitrogens is 1. The van der Waals surface area contributed by atoms with Gasteiger partial charge in [0.15, 0.2) is 5.82 Å². The van der Waals surface area contributed by atoms with Crippen molar-refractivity contribution in [3.05, 3.63) is 39.9 Å². The van der Waals surface area contributed by atoms with Crippen LogP contribution in [0.5, 0.6) is 0 Å². The number of aromatic amines is 1. The summed E-state index contributed by atoms with van der Waals surface area (Å²) >= 11 is 3.26. The highest BCUT2D eigenvalue weighted by Crippen LogP contribution is 2.25. The van der Waals surface area contributed by atoms with E-state index in [4.69, 9.17) is 4.74 Å². The van der Waals surface area contributed by atoms with Crippen molar-refractivity contribution in [2.24, 2.45) is 0 Å². The molecule has 1 heterocycles. The lowest BCUT2D eigenvalue weighted by atomic mass is 9.95. The number of ether oxygens (including phenoxy) is 1. The third kappa shape index (κ3) is 5.70. The standard InChI is InChI=1S/C15H18BrFN4O2/c1-15(2,3)23-13(22)7-10(14-18-20-21-19-14)4-9-5-11(16)8-12(17)6-9/h5-6,8,10H,4,7H2,1-3H3,(H,18,19,20,21)/t10-/m0/s1. The fourth-order valence-corrected chi connectivity index (χ4v) is 2.72. The van der Waals surface area contributed by atoms with Gasteiger partial charge in [0.25, 0.3) is 0 Å². The van der Waals surface area contributed by atoms with Crippen molar-refractivity contribution in [2.75, 3.05) is 0 Å². The summed E-state index contributed by atoms with van der Waals surface area (Å²) in [5.41, 5.74) is 0.172. The first-order chi connectivity index (χ1) is 10.7. The molecule has 8 heteroatoms. The first-order valence-corrected chi connectivity index (χ1v) is 7.92. The van der Waals surface area contributed by atoms with E-state index in [9.17, 15) is 9.18 Å². The fourth-order valence-electron chi connectivity index (χ4n) is 2.20. The zero-order chi connectivity index (χ0) is 17.0. The van der Waals surface area contributed by atoms with Crippen molar-refractivity contribution in [1.29, 1.82) is 0 Å². The van der Waals surface area contributed by atoms with E-state index in [0.29, 0.717) is 16.7 Å². The molecule has 1 atom stereocenters. The van der Waals surface area contributed by atoms with Gasteiger partial charge in [-0.05, 0) is 61.4 Å². The fraction of sp³-hybridized carbons (Fsp3) is 0.467. The number of carbonyl (C=O) groups excluding carboxylic acids is 1. The van der Waals surface area contributed by atoms with E-state index in [-0.39, 0.29) is 24.1 Å². The van der Waals surface area contributed by atoms with Crippen molar-refractivity contribution in [3.8, 4) is 0 Å². The lowest BCUT2D eigenvalue weighted by Gasteiger charge is -2.21. The molecule has 0 radical (unpaired) electrons. The minimum atomic E-state index is -0.566. The number of nitrogens with one attached hydrogen (secondary N) is 1. The van der Waals surface area contributed by atoms with Crippen LogP contribution in [-0.4, -0.2) is 32.2 Å². The van der Waals surface area contributed by atoms with Gasteiger partial charge in [0.2, 0.25) is 0 Å². The van der Waals surface area contributed by atoms with Gasteiger partial charge in [0.05, 0.1) is 6.42 Å². The van der Waals surface area contributed by atoms with Crippen LogP contribution in [0, 0.1) is 5.82 Å². The summed E-state index contributed by atoms with van der Waals surface area (Å²) in [5, 5.41) is 13.6. The molecule has 2 aromatic rings. The highest BCUT2D eigenvalue weighted by atomic mass is 79.9. The molecule has 0 aliphatic carbocycles. The summed E-state index contributed by atoms with van der Waals surface area (Å²) in [7, 11) is 0. The Morgan fingerprint density at radius 3 is 2.70 bits per heavy atom. The van der Waals surface area contributed by atoms with Crippen molar-refractivity contribution >= 4 is 21.9 Å². The number of halogens is 2. The maximum Gasteiger partial charge on any atom is 0.307 e. The van der Waals surface area contributed by atoms with Gasteiger partial charge in [0, 0.05) is 10.4 Å². The zero-order valence-electron chi connectivity index (χ0n) is 13.1. The number of rotatable bonds is 5. The molecule has 1 aromatic heterocycles. The Bertz CT molecular complexity index is 650. The van der Waals surface area contributed by atoms with Crippen LogP contribution in [0.3, 0.4) is 0 Å². The summed E-state index contributed by atoms with van der Waals surface area (Å²) in [6, 6.07) is 4.61. The van der Waals surface area contributed by atoms with E-state index in [2.05, 4.69) is 36.6 Å². The van der Waals surface area contributed by atoms with Crippen LogP contribution in [-0.2, 0) is 16.0 Å². The predicted molar refractivity (Wildman–Crippen MR) is 85.2 cm³/mol. The minimum Gasteiger partial charge on any atom is -0.460 e. The summed E-state index contributed by atoms with van der Waals surface area (Å²) < 4.78 is 19.5. The average molecular weight is 385 g/mol. The highest BCUT2D eigenvalue weighted by Gasteiger charge is 2.24. The Hall–Kier alpha value is -1.83. The molecule has 0 aliphatic rings.